The Hall–Kier alpha value is -3.10. The second-order valence-corrected chi connectivity index (χ2v) is 9.38. The Morgan fingerprint density at radius 1 is 1.12 bits per heavy atom. The second-order valence-electron chi connectivity index (χ2n) is 8.03. The molecule has 1 heterocycles. The van der Waals surface area contributed by atoms with E-state index < -0.39 is 6.04 Å². The van der Waals surface area contributed by atoms with E-state index in [1.165, 1.54) is 17.3 Å². The largest absolute Gasteiger partial charge is 0.342 e. The van der Waals surface area contributed by atoms with Crippen LogP contribution in [0.3, 0.4) is 0 Å². The van der Waals surface area contributed by atoms with Crippen molar-refractivity contribution >= 4 is 40.9 Å². The van der Waals surface area contributed by atoms with Crippen LogP contribution in [0, 0.1) is 0 Å². The van der Waals surface area contributed by atoms with Gasteiger partial charge in [-0.3, -0.25) is 9.59 Å². The molecule has 0 aliphatic rings. The van der Waals surface area contributed by atoms with E-state index in [-0.39, 0.29) is 17.6 Å². The van der Waals surface area contributed by atoms with Crippen molar-refractivity contribution in [1.82, 2.24) is 20.1 Å². The molecule has 1 atom stereocenters. The number of hydrogen-bond acceptors (Lipinski definition) is 5. The average Bonchev–Trinajstić information content (AvgIpc) is 3.21. The van der Waals surface area contributed by atoms with E-state index >= 15 is 0 Å². The van der Waals surface area contributed by atoms with Gasteiger partial charge < -0.3 is 15.2 Å². The van der Waals surface area contributed by atoms with Gasteiger partial charge in [0.1, 0.15) is 0 Å². The number of thioether (sulfide) groups is 1. The van der Waals surface area contributed by atoms with Crippen molar-refractivity contribution < 1.29 is 9.59 Å². The summed E-state index contributed by atoms with van der Waals surface area (Å²) >= 11 is 7.41. The average molecular weight is 498 g/mol. The van der Waals surface area contributed by atoms with Crippen molar-refractivity contribution in [3.8, 4) is 0 Å². The van der Waals surface area contributed by atoms with Gasteiger partial charge in [-0.1, -0.05) is 67.6 Å². The summed E-state index contributed by atoms with van der Waals surface area (Å²) in [6, 6.07) is 14.2. The Balaban J connectivity index is 1.64. The van der Waals surface area contributed by atoms with E-state index in [0.717, 1.165) is 5.69 Å². The van der Waals surface area contributed by atoms with Crippen LogP contribution in [0.5, 0.6) is 0 Å². The van der Waals surface area contributed by atoms with Crippen molar-refractivity contribution in [3.63, 3.8) is 0 Å². The fourth-order valence-electron chi connectivity index (χ4n) is 3.29. The normalized spacial score (nSPS) is 11.8. The Kier molecular flexibility index (Phi) is 8.90. The highest BCUT2D eigenvalue weighted by atomic mass is 35.5. The van der Waals surface area contributed by atoms with Gasteiger partial charge in [0.05, 0.1) is 22.4 Å². The van der Waals surface area contributed by atoms with E-state index in [2.05, 4.69) is 41.3 Å². The van der Waals surface area contributed by atoms with E-state index in [1.54, 1.807) is 30.3 Å². The smallest absolute Gasteiger partial charge is 0.253 e. The van der Waals surface area contributed by atoms with Gasteiger partial charge in [0.15, 0.2) is 11.0 Å². The molecule has 7 nitrogen and oxygen atoms in total. The predicted molar refractivity (Wildman–Crippen MR) is 137 cm³/mol. The summed E-state index contributed by atoms with van der Waals surface area (Å²) in [4.78, 5) is 25.1. The molecule has 2 amide bonds. The summed E-state index contributed by atoms with van der Waals surface area (Å²) in [5.74, 6) is 0.720. The number of allylic oxidation sites excluding steroid dienone is 1. The van der Waals surface area contributed by atoms with Crippen molar-refractivity contribution in [3.05, 3.63) is 83.2 Å². The van der Waals surface area contributed by atoms with Crippen molar-refractivity contribution in [2.45, 2.75) is 44.4 Å². The van der Waals surface area contributed by atoms with Gasteiger partial charge in [-0.25, -0.2) is 0 Å². The fraction of sp³-hybridized carbons (Fsp3) is 0.280. The topological polar surface area (TPSA) is 88.9 Å². The molecule has 0 fully saturated rings. The molecule has 3 aromatic rings. The highest BCUT2D eigenvalue weighted by Crippen LogP contribution is 2.23. The van der Waals surface area contributed by atoms with Crippen LogP contribution in [0.4, 0.5) is 5.69 Å². The standard InChI is InChI=1S/C25H28ClN5O2S/c1-5-14-31-23(17(4)27-24(33)20-8-6-7-9-21(20)26)29-30-25(31)34-15-22(32)28-19-12-10-18(11-13-19)16(2)3/h5-13,16-17H,1,14-15H2,2-4H3,(H,27,33)(H,28,32)/t17-/m0/s1. The van der Waals surface area contributed by atoms with Gasteiger partial charge in [0.25, 0.3) is 5.91 Å². The van der Waals surface area contributed by atoms with E-state index in [4.69, 9.17) is 11.6 Å². The maximum Gasteiger partial charge on any atom is 0.253 e. The zero-order chi connectivity index (χ0) is 24.7. The highest BCUT2D eigenvalue weighted by Gasteiger charge is 2.21. The minimum absolute atomic E-state index is 0.142. The molecular weight excluding hydrogens is 470 g/mol. The lowest BCUT2D eigenvalue weighted by atomic mass is 10.0. The molecule has 0 saturated heterocycles. The number of carbonyl (C=O) groups excluding carboxylic acids is 2. The molecule has 1 aromatic heterocycles. The van der Waals surface area contributed by atoms with Crippen LogP contribution in [0.2, 0.25) is 5.02 Å². The molecule has 0 spiro atoms. The predicted octanol–water partition coefficient (Wildman–Crippen LogP) is 5.46. The number of aromatic nitrogens is 3. The lowest BCUT2D eigenvalue weighted by Gasteiger charge is -2.15. The first-order chi connectivity index (χ1) is 16.3. The Labute approximate surface area is 209 Å². The highest BCUT2D eigenvalue weighted by molar-refractivity contribution is 7.99. The molecule has 178 valence electrons. The SMILES string of the molecule is C=CCn1c(SCC(=O)Nc2ccc(C(C)C)cc2)nnc1[C@H](C)NC(=O)c1ccccc1Cl. The Morgan fingerprint density at radius 2 is 1.82 bits per heavy atom. The number of rotatable bonds is 10. The summed E-state index contributed by atoms with van der Waals surface area (Å²) < 4.78 is 1.83. The zero-order valence-corrected chi connectivity index (χ0v) is 21.0. The second kappa shape index (κ2) is 11.9. The molecule has 3 rings (SSSR count). The van der Waals surface area contributed by atoms with Crippen molar-refractivity contribution in [1.29, 1.82) is 0 Å². The minimum atomic E-state index is -0.432. The Morgan fingerprint density at radius 3 is 2.47 bits per heavy atom. The van der Waals surface area contributed by atoms with Crippen LogP contribution in [0.15, 0.2) is 66.3 Å². The third-order valence-electron chi connectivity index (χ3n) is 5.10. The maximum atomic E-state index is 12.6. The fourth-order valence-corrected chi connectivity index (χ4v) is 4.27. The summed E-state index contributed by atoms with van der Waals surface area (Å²) in [5.41, 5.74) is 2.35. The molecule has 0 aliphatic carbocycles. The molecule has 0 aliphatic heterocycles. The first-order valence-corrected chi connectivity index (χ1v) is 12.3. The number of nitrogens with zero attached hydrogens (tertiary/aromatic N) is 3. The lowest BCUT2D eigenvalue weighted by Crippen LogP contribution is -2.29. The van der Waals surface area contributed by atoms with E-state index in [1.807, 2.05) is 35.8 Å². The molecule has 0 saturated carbocycles. The maximum absolute atomic E-state index is 12.6. The first-order valence-electron chi connectivity index (χ1n) is 10.9. The summed E-state index contributed by atoms with van der Waals surface area (Å²) in [7, 11) is 0. The van der Waals surface area contributed by atoms with Crippen molar-refractivity contribution in [2.24, 2.45) is 0 Å². The number of amides is 2. The number of halogens is 1. The van der Waals surface area contributed by atoms with Crippen LogP contribution in [-0.4, -0.2) is 32.3 Å². The van der Waals surface area contributed by atoms with Gasteiger partial charge >= 0.3 is 0 Å². The van der Waals surface area contributed by atoms with Crippen molar-refractivity contribution in [2.75, 3.05) is 11.1 Å². The molecule has 0 bridgehead atoms. The molecule has 0 unspecified atom stereocenters. The van der Waals surface area contributed by atoms with Crippen LogP contribution in [0.25, 0.3) is 0 Å². The van der Waals surface area contributed by atoms with Gasteiger partial charge in [0, 0.05) is 12.2 Å². The number of anilines is 1. The van der Waals surface area contributed by atoms with E-state index in [0.29, 0.717) is 34.0 Å². The molecule has 0 radical (unpaired) electrons. The number of benzene rings is 2. The summed E-state index contributed by atoms with van der Waals surface area (Å²) in [6.07, 6.45) is 1.72. The number of hydrogen-bond donors (Lipinski definition) is 2. The minimum Gasteiger partial charge on any atom is -0.342 e. The van der Waals surface area contributed by atoms with Gasteiger partial charge in [-0.2, -0.15) is 0 Å². The summed E-state index contributed by atoms with van der Waals surface area (Å²) in [5, 5.41) is 15.2. The van der Waals surface area contributed by atoms with Crippen LogP contribution >= 0.6 is 23.4 Å². The van der Waals surface area contributed by atoms with Crippen LogP contribution < -0.4 is 10.6 Å². The van der Waals surface area contributed by atoms with Crippen LogP contribution in [-0.2, 0) is 11.3 Å². The quantitative estimate of drug-likeness (QED) is 0.286. The molecule has 2 N–H and O–H groups in total. The first kappa shape index (κ1) is 25.5. The van der Waals surface area contributed by atoms with Gasteiger partial charge in [-0.15, -0.1) is 16.8 Å². The zero-order valence-electron chi connectivity index (χ0n) is 19.4. The molecule has 9 heteroatoms. The molecule has 34 heavy (non-hydrogen) atoms. The van der Waals surface area contributed by atoms with Gasteiger partial charge in [0.2, 0.25) is 5.91 Å². The molecular formula is C25H28ClN5O2S. The lowest BCUT2D eigenvalue weighted by molar-refractivity contribution is -0.113. The Bertz CT molecular complexity index is 1160. The summed E-state index contributed by atoms with van der Waals surface area (Å²) in [6.45, 7) is 10.3. The van der Waals surface area contributed by atoms with E-state index in [9.17, 15) is 9.59 Å². The third kappa shape index (κ3) is 6.48. The third-order valence-corrected chi connectivity index (χ3v) is 6.40. The monoisotopic (exact) mass is 497 g/mol. The van der Waals surface area contributed by atoms with Crippen LogP contribution in [0.1, 0.15) is 54.5 Å². The number of carbonyl (C=O) groups is 2. The number of nitrogens with one attached hydrogen (secondary N) is 2. The van der Waals surface area contributed by atoms with Gasteiger partial charge in [-0.05, 0) is 42.7 Å². The molecule has 2 aromatic carbocycles.